The topological polar surface area (TPSA) is 72.5 Å². The third kappa shape index (κ3) is 4.44. The number of rotatable bonds is 7. The minimum absolute atomic E-state index is 1.15. The molecule has 10 heteroatoms. The standard InChI is InChI=1S/C4H12O7P2S/c1-6-10-13(14,9-4)11-12(5,7-2)8-3/h1-4H3. The lowest BCUT2D eigenvalue weighted by atomic mass is 11.8. The molecule has 0 heterocycles. The molecule has 0 N–H and O–H groups in total. The van der Waals surface area contributed by atoms with Gasteiger partial charge in [0.25, 0.3) is 0 Å². The average Bonchev–Trinajstić information content (AvgIpc) is 2.18. The molecule has 0 saturated carbocycles. The predicted molar refractivity (Wildman–Crippen MR) is 52.1 cm³/mol. The van der Waals surface area contributed by atoms with Gasteiger partial charge in [-0.3, -0.25) is 9.05 Å². The summed E-state index contributed by atoms with van der Waals surface area (Å²) in [6.07, 6.45) is 0. The summed E-state index contributed by atoms with van der Waals surface area (Å²) in [4.78, 5) is 4.30. The lowest BCUT2D eigenvalue weighted by molar-refractivity contribution is -0.187. The van der Waals surface area contributed by atoms with Crippen LogP contribution in [0.3, 0.4) is 0 Å². The first-order valence-electron chi connectivity index (χ1n) is 3.26. The molecule has 0 aromatic carbocycles. The molecule has 0 aromatic rings. The molecule has 0 amide bonds. The highest BCUT2D eigenvalue weighted by atomic mass is 32.5. The van der Waals surface area contributed by atoms with E-state index in [1.165, 1.54) is 14.2 Å². The molecule has 0 saturated heterocycles. The molecule has 0 bridgehead atoms. The first-order valence-corrected chi connectivity index (χ1v) is 7.28. The van der Waals surface area contributed by atoms with Gasteiger partial charge in [-0.2, -0.15) is 0 Å². The van der Waals surface area contributed by atoms with Crippen LogP contribution < -0.4 is 0 Å². The Bertz CT molecular complexity index is 248. The van der Waals surface area contributed by atoms with Crippen LogP contribution in [0.1, 0.15) is 0 Å². The van der Waals surface area contributed by atoms with E-state index >= 15 is 0 Å². The van der Waals surface area contributed by atoms with Crippen LogP contribution in [0, 0.1) is 0 Å². The summed E-state index contributed by atoms with van der Waals surface area (Å²) in [5.41, 5.74) is 0. The first kappa shape index (κ1) is 14.6. The zero-order valence-electron chi connectivity index (χ0n) is 8.16. The van der Waals surface area contributed by atoms with Crippen molar-refractivity contribution in [3.63, 3.8) is 0 Å². The molecule has 14 heavy (non-hydrogen) atoms. The maximum absolute atomic E-state index is 11.5. The fraction of sp³-hybridized carbons (Fsp3) is 1.00. The zero-order chi connectivity index (χ0) is 11.2. The van der Waals surface area contributed by atoms with Crippen molar-refractivity contribution in [1.29, 1.82) is 0 Å². The molecular formula is C4H12O7P2S. The largest absolute Gasteiger partial charge is 0.481 e. The van der Waals surface area contributed by atoms with Gasteiger partial charge < -0.3 is 4.52 Å². The Labute approximate surface area is 87.4 Å². The molecule has 1 atom stereocenters. The molecular weight excluding hydrogens is 254 g/mol. The van der Waals surface area contributed by atoms with E-state index in [2.05, 4.69) is 18.6 Å². The minimum atomic E-state index is -3.73. The first-order chi connectivity index (χ1) is 6.45. The maximum atomic E-state index is 11.5. The van der Waals surface area contributed by atoms with E-state index in [0.717, 1.165) is 14.2 Å². The molecule has 0 aliphatic heterocycles. The Morgan fingerprint density at radius 3 is 1.79 bits per heavy atom. The highest BCUT2D eigenvalue weighted by molar-refractivity contribution is 8.08. The molecule has 0 spiro atoms. The van der Waals surface area contributed by atoms with Crippen molar-refractivity contribution in [2.24, 2.45) is 0 Å². The van der Waals surface area contributed by atoms with Gasteiger partial charge in [0, 0.05) is 21.3 Å². The summed E-state index contributed by atoms with van der Waals surface area (Å²) in [7, 11) is 1.00. The molecule has 7 nitrogen and oxygen atoms in total. The molecule has 1 unspecified atom stereocenters. The normalized spacial score (nSPS) is 16.6. The fourth-order valence-corrected chi connectivity index (χ4v) is 3.63. The summed E-state index contributed by atoms with van der Waals surface area (Å²) in [5.74, 6) is 0. The van der Waals surface area contributed by atoms with Crippen LogP contribution in [0.25, 0.3) is 0 Å². The van der Waals surface area contributed by atoms with Crippen molar-refractivity contribution < 1.29 is 32.0 Å². The number of hydrogen-bond donors (Lipinski definition) is 0. The van der Waals surface area contributed by atoms with E-state index in [-0.39, 0.29) is 0 Å². The molecule has 86 valence electrons. The SMILES string of the molecule is COOP(=S)(OC)OP(=O)(OC)OC. The van der Waals surface area contributed by atoms with Crippen LogP contribution in [-0.4, -0.2) is 28.4 Å². The fourth-order valence-electron chi connectivity index (χ4n) is 0.432. The Kier molecular flexibility index (Phi) is 6.56. The van der Waals surface area contributed by atoms with Gasteiger partial charge in [-0.1, -0.05) is 0 Å². The molecule has 0 radical (unpaired) electrons. The van der Waals surface area contributed by atoms with Crippen molar-refractivity contribution >= 4 is 26.3 Å². The van der Waals surface area contributed by atoms with Crippen LogP contribution in [0.2, 0.25) is 0 Å². The van der Waals surface area contributed by atoms with E-state index in [1.807, 2.05) is 0 Å². The van der Waals surface area contributed by atoms with Gasteiger partial charge in [0.2, 0.25) is 0 Å². The van der Waals surface area contributed by atoms with Crippen LogP contribution in [0.5, 0.6) is 0 Å². The molecule has 0 aliphatic rings. The molecule has 0 aromatic heterocycles. The Hall–Kier alpha value is 0.640. The smallest absolute Gasteiger partial charge is 0.310 e. The van der Waals surface area contributed by atoms with Gasteiger partial charge in [-0.05, 0) is 11.8 Å². The Morgan fingerprint density at radius 1 is 1.00 bits per heavy atom. The van der Waals surface area contributed by atoms with Gasteiger partial charge in [0.1, 0.15) is 0 Å². The van der Waals surface area contributed by atoms with Gasteiger partial charge in [0.05, 0.1) is 7.11 Å². The Morgan fingerprint density at radius 2 is 1.50 bits per heavy atom. The predicted octanol–water partition coefficient (Wildman–Crippen LogP) is 1.85. The lowest BCUT2D eigenvalue weighted by Crippen LogP contribution is -1.98. The van der Waals surface area contributed by atoms with Crippen LogP contribution in [0.4, 0.5) is 0 Å². The van der Waals surface area contributed by atoms with Crippen molar-refractivity contribution in [3.05, 3.63) is 0 Å². The van der Waals surface area contributed by atoms with Crippen molar-refractivity contribution in [2.75, 3.05) is 28.4 Å². The second kappa shape index (κ2) is 6.27. The summed E-state index contributed by atoms with van der Waals surface area (Å²) in [6.45, 7) is -3.26. The van der Waals surface area contributed by atoms with Crippen LogP contribution in [0.15, 0.2) is 0 Å². The minimum Gasteiger partial charge on any atom is -0.310 e. The molecule has 0 fully saturated rings. The highest BCUT2D eigenvalue weighted by Crippen LogP contribution is 2.65. The second-order valence-electron chi connectivity index (χ2n) is 1.77. The van der Waals surface area contributed by atoms with Crippen molar-refractivity contribution in [2.45, 2.75) is 0 Å². The second-order valence-corrected chi connectivity index (χ2v) is 6.79. The van der Waals surface area contributed by atoms with Gasteiger partial charge >= 0.3 is 14.5 Å². The highest BCUT2D eigenvalue weighted by Gasteiger charge is 2.35. The van der Waals surface area contributed by atoms with E-state index in [9.17, 15) is 4.57 Å². The summed E-state index contributed by atoms with van der Waals surface area (Å²) < 4.78 is 34.5. The third-order valence-electron chi connectivity index (χ3n) is 1.04. The Balaban J connectivity index is 4.59. The molecule has 0 rings (SSSR count). The van der Waals surface area contributed by atoms with Gasteiger partial charge in [-0.25, -0.2) is 13.8 Å². The van der Waals surface area contributed by atoms with E-state index < -0.39 is 14.5 Å². The van der Waals surface area contributed by atoms with Crippen LogP contribution in [-0.2, 0) is 43.8 Å². The van der Waals surface area contributed by atoms with Crippen molar-refractivity contribution in [3.8, 4) is 0 Å². The number of phosphoric ester groups is 1. The third-order valence-corrected chi connectivity index (χ3v) is 5.54. The van der Waals surface area contributed by atoms with E-state index in [4.69, 9.17) is 20.6 Å². The quantitative estimate of drug-likeness (QED) is 0.392. The summed E-state index contributed by atoms with van der Waals surface area (Å²) in [6, 6.07) is 0. The number of hydrogen-bond acceptors (Lipinski definition) is 8. The van der Waals surface area contributed by atoms with Crippen molar-refractivity contribution in [1.82, 2.24) is 0 Å². The number of phosphoric acid groups is 1. The van der Waals surface area contributed by atoms with Crippen LogP contribution >= 0.6 is 14.5 Å². The lowest BCUT2D eigenvalue weighted by Gasteiger charge is -2.20. The summed E-state index contributed by atoms with van der Waals surface area (Å²) in [5, 5.41) is 0. The zero-order valence-corrected chi connectivity index (χ0v) is 10.8. The van der Waals surface area contributed by atoms with E-state index in [1.54, 1.807) is 0 Å². The van der Waals surface area contributed by atoms with Gasteiger partial charge in [0.15, 0.2) is 0 Å². The summed E-state index contributed by atoms with van der Waals surface area (Å²) >= 11 is 4.77. The van der Waals surface area contributed by atoms with Gasteiger partial charge in [-0.15, -0.1) is 4.67 Å². The monoisotopic (exact) mass is 266 g/mol. The average molecular weight is 266 g/mol. The maximum Gasteiger partial charge on any atom is 0.481 e. The van der Waals surface area contributed by atoms with E-state index in [0.29, 0.717) is 0 Å². The molecule has 0 aliphatic carbocycles.